The lowest BCUT2D eigenvalue weighted by Gasteiger charge is -2.31. The summed E-state index contributed by atoms with van der Waals surface area (Å²) in [6.45, 7) is 7.86. The number of carbonyl (C=O) groups excluding carboxylic acids is 2. The first kappa shape index (κ1) is 33.4. The zero-order valence-corrected chi connectivity index (χ0v) is 23.8. The summed E-state index contributed by atoms with van der Waals surface area (Å²) in [5, 5.41) is 10.4. The Hall–Kier alpha value is -3.85. The second kappa shape index (κ2) is 14.7. The number of rotatable bonds is 9. The van der Waals surface area contributed by atoms with E-state index in [1.165, 1.54) is 17.0 Å². The number of carboxylic acid groups (broad SMARTS) is 1. The minimum Gasteiger partial charge on any atom is -0.475 e. The lowest BCUT2D eigenvalue weighted by Crippen LogP contribution is -2.44. The molecule has 11 nitrogen and oxygen atoms in total. The van der Waals surface area contributed by atoms with Crippen LogP contribution in [0.15, 0.2) is 53.4 Å². The molecule has 0 bridgehead atoms. The number of aliphatic carboxylic acids is 1. The zero-order valence-electron chi connectivity index (χ0n) is 22.9. The quantitative estimate of drug-likeness (QED) is 0.399. The normalized spacial score (nSPS) is 13.5. The van der Waals surface area contributed by atoms with E-state index < -0.39 is 22.2 Å². The smallest absolute Gasteiger partial charge is 0.475 e. The second-order valence-electron chi connectivity index (χ2n) is 8.92. The molecule has 3 rings (SSSR count). The van der Waals surface area contributed by atoms with Gasteiger partial charge in [0.25, 0.3) is 15.9 Å². The maximum atomic E-state index is 13.1. The summed E-state index contributed by atoms with van der Waals surface area (Å²) in [5.41, 5.74) is 1.35. The molecule has 0 radical (unpaired) electrons. The Labute approximate surface area is 237 Å². The lowest BCUT2D eigenvalue weighted by atomic mass is 10.1. The van der Waals surface area contributed by atoms with E-state index in [-0.39, 0.29) is 23.3 Å². The van der Waals surface area contributed by atoms with Crippen molar-refractivity contribution in [1.82, 2.24) is 15.1 Å². The van der Waals surface area contributed by atoms with Crippen LogP contribution in [0.2, 0.25) is 0 Å². The van der Waals surface area contributed by atoms with E-state index in [4.69, 9.17) is 9.90 Å². The van der Waals surface area contributed by atoms with Crippen molar-refractivity contribution >= 4 is 39.2 Å². The van der Waals surface area contributed by atoms with Crippen LogP contribution in [0.1, 0.15) is 24.2 Å². The Morgan fingerprint density at radius 1 is 1.02 bits per heavy atom. The highest BCUT2D eigenvalue weighted by Crippen LogP contribution is 2.30. The summed E-state index contributed by atoms with van der Waals surface area (Å²) in [4.78, 5) is 39.7. The highest BCUT2D eigenvalue weighted by molar-refractivity contribution is 7.92. The van der Waals surface area contributed by atoms with Gasteiger partial charge in [-0.1, -0.05) is 18.2 Å². The highest BCUT2D eigenvalue weighted by atomic mass is 32.2. The molecule has 0 aliphatic carbocycles. The number of nitrogens with one attached hydrogen (secondary N) is 2. The predicted octanol–water partition coefficient (Wildman–Crippen LogP) is 2.47. The molecule has 41 heavy (non-hydrogen) atoms. The fraction of sp³-hybridized carbons (Fsp3) is 0.423. The molecule has 2 amide bonds. The molecular weight excluding hydrogens is 567 g/mol. The molecule has 226 valence electrons. The number of alkyl halides is 3. The van der Waals surface area contributed by atoms with Gasteiger partial charge in [0, 0.05) is 51.9 Å². The van der Waals surface area contributed by atoms with Crippen molar-refractivity contribution in [2.45, 2.75) is 24.9 Å². The number of benzene rings is 2. The molecule has 0 saturated carbocycles. The summed E-state index contributed by atoms with van der Waals surface area (Å²) in [7, 11) is -2.28. The van der Waals surface area contributed by atoms with E-state index in [0.29, 0.717) is 43.1 Å². The number of amides is 2. The third-order valence-electron chi connectivity index (χ3n) is 6.08. The first-order valence-corrected chi connectivity index (χ1v) is 14.2. The van der Waals surface area contributed by atoms with Gasteiger partial charge >= 0.3 is 12.1 Å². The molecule has 15 heteroatoms. The maximum absolute atomic E-state index is 13.1. The van der Waals surface area contributed by atoms with Crippen LogP contribution in [-0.2, 0) is 19.6 Å². The second-order valence-corrected chi connectivity index (χ2v) is 10.6. The first-order valence-electron chi connectivity index (χ1n) is 12.7. The molecule has 2 aromatic carbocycles. The van der Waals surface area contributed by atoms with Crippen molar-refractivity contribution in [2.75, 3.05) is 62.5 Å². The van der Waals surface area contributed by atoms with E-state index in [9.17, 15) is 31.2 Å². The molecule has 1 aliphatic heterocycles. The molecule has 1 heterocycles. The van der Waals surface area contributed by atoms with Gasteiger partial charge in [0.1, 0.15) is 0 Å². The van der Waals surface area contributed by atoms with Crippen molar-refractivity contribution in [3.05, 3.63) is 54.1 Å². The number of likely N-dealkylation sites (N-methyl/N-ethyl adjacent to an activating group) is 2. The monoisotopic (exact) mass is 601 g/mol. The highest BCUT2D eigenvalue weighted by Gasteiger charge is 2.38. The van der Waals surface area contributed by atoms with Crippen LogP contribution in [0.5, 0.6) is 0 Å². The summed E-state index contributed by atoms with van der Waals surface area (Å²) >= 11 is 0. The van der Waals surface area contributed by atoms with Gasteiger partial charge in [-0.3, -0.25) is 14.3 Å². The van der Waals surface area contributed by atoms with Crippen LogP contribution in [0, 0.1) is 0 Å². The van der Waals surface area contributed by atoms with Crippen LogP contribution in [0.25, 0.3) is 0 Å². The van der Waals surface area contributed by atoms with Crippen LogP contribution in [0.3, 0.4) is 0 Å². The van der Waals surface area contributed by atoms with Crippen LogP contribution < -0.4 is 14.9 Å². The third-order valence-corrected chi connectivity index (χ3v) is 7.46. The Kier molecular flexibility index (Phi) is 11.9. The number of halogens is 3. The molecule has 3 N–H and O–H groups in total. The molecule has 0 unspecified atom stereocenters. The van der Waals surface area contributed by atoms with E-state index >= 15 is 0 Å². The first-order chi connectivity index (χ1) is 19.2. The standard InChI is InChI=1S/C24H33N5O4S.C2HF3O2/c1-4-28(5-2)23(30)18-27(3)24(31)19-11-12-22(29-15-13-25-14-16-29)21(17-19)26-34(32,33)20-9-7-6-8-10-20;3-2(4,5)1(6)7/h6-12,17,25-26H,4-5,13-16,18H2,1-3H3;(H,6,7). The average molecular weight is 602 g/mol. The summed E-state index contributed by atoms with van der Waals surface area (Å²) in [6.07, 6.45) is -5.08. The molecule has 1 aliphatic rings. The van der Waals surface area contributed by atoms with Gasteiger partial charge in [-0.2, -0.15) is 13.2 Å². The van der Waals surface area contributed by atoms with Crippen molar-refractivity contribution in [1.29, 1.82) is 0 Å². The Morgan fingerprint density at radius 3 is 2.10 bits per heavy atom. The van der Waals surface area contributed by atoms with Gasteiger partial charge in [-0.05, 0) is 44.2 Å². The molecule has 1 saturated heterocycles. The Morgan fingerprint density at radius 2 is 1.59 bits per heavy atom. The number of hydrogen-bond acceptors (Lipinski definition) is 7. The van der Waals surface area contributed by atoms with E-state index in [0.717, 1.165) is 13.1 Å². The topological polar surface area (TPSA) is 139 Å². The zero-order chi connectivity index (χ0) is 30.8. The Balaban J connectivity index is 0.000000745. The largest absolute Gasteiger partial charge is 0.490 e. The van der Waals surface area contributed by atoms with Crippen LogP contribution >= 0.6 is 0 Å². The average Bonchev–Trinajstić information content (AvgIpc) is 2.94. The minimum absolute atomic E-state index is 0.0505. The van der Waals surface area contributed by atoms with Gasteiger partial charge in [0.2, 0.25) is 5.91 Å². The number of carbonyl (C=O) groups is 3. The van der Waals surface area contributed by atoms with Gasteiger partial charge in [-0.25, -0.2) is 13.2 Å². The summed E-state index contributed by atoms with van der Waals surface area (Å²) in [5.74, 6) is -3.25. The lowest BCUT2D eigenvalue weighted by molar-refractivity contribution is -0.192. The number of nitrogens with zero attached hydrogens (tertiary/aromatic N) is 3. The fourth-order valence-electron chi connectivity index (χ4n) is 3.91. The maximum Gasteiger partial charge on any atom is 0.490 e. The van der Waals surface area contributed by atoms with Gasteiger partial charge in [0.15, 0.2) is 0 Å². The van der Waals surface area contributed by atoms with Crippen LogP contribution in [-0.4, -0.2) is 100 Å². The number of sulfonamides is 1. The molecule has 2 aromatic rings. The summed E-state index contributed by atoms with van der Waals surface area (Å²) in [6, 6.07) is 13.1. The Bertz CT molecular complexity index is 1300. The van der Waals surface area contributed by atoms with E-state index in [2.05, 4.69) is 14.9 Å². The van der Waals surface area contributed by atoms with Gasteiger partial charge in [-0.15, -0.1) is 0 Å². The number of hydrogen-bond donors (Lipinski definition) is 3. The number of anilines is 2. The van der Waals surface area contributed by atoms with Gasteiger partial charge in [0.05, 0.1) is 22.8 Å². The van der Waals surface area contributed by atoms with Gasteiger partial charge < -0.3 is 25.1 Å². The number of carboxylic acids is 1. The molecule has 1 fully saturated rings. The third kappa shape index (κ3) is 9.63. The summed E-state index contributed by atoms with van der Waals surface area (Å²) < 4.78 is 60.5. The molecule has 0 aromatic heterocycles. The van der Waals surface area contributed by atoms with E-state index in [1.807, 2.05) is 13.8 Å². The van der Waals surface area contributed by atoms with Crippen molar-refractivity contribution < 1.29 is 41.1 Å². The fourth-order valence-corrected chi connectivity index (χ4v) is 4.99. The minimum atomic E-state index is -5.08. The SMILES string of the molecule is CCN(CC)C(=O)CN(C)C(=O)c1ccc(N2CCNCC2)c(NS(=O)(=O)c2ccccc2)c1.O=C(O)C(F)(F)F. The predicted molar refractivity (Wildman–Crippen MR) is 147 cm³/mol. The molecule has 0 spiro atoms. The van der Waals surface area contributed by atoms with Crippen molar-refractivity contribution in [3.8, 4) is 0 Å². The molecular formula is C26H34F3N5O6S. The number of piperazine rings is 1. The van der Waals surface area contributed by atoms with Crippen molar-refractivity contribution in [3.63, 3.8) is 0 Å². The van der Waals surface area contributed by atoms with Crippen molar-refractivity contribution in [2.24, 2.45) is 0 Å². The van der Waals surface area contributed by atoms with Crippen LogP contribution in [0.4, 0.5) is 24.5 Å². The van der Waals surface area contributed by atoms with E-state index in [1.54, 1.807) is 48.3 Å². The molecule has 0 atom stereocenters.